The second-order valence-electron chi connectivity index (χ2n) is 16.3. The van der Waals surface area contributed by atoms with Gasteiger partial charge in [0.2, 0.25) is 0 Å². The summed E-state index contributed by atoms with van der Waals surface area (Å²) in [7, 11) is 3.24. The number of rotatable bonds is 7. The molecule has 2 nitrogen and oxygen atoms in total. The van der Waals surface area contributed by atoms with E-state index in [9.17, 15) is 0 Å². The summed E-state index contributed by atoms with van der Waals surface area (Å²) >= 11 is 0. The van der Waals surface area contributed by atoms with Crippen LogP contribution in [0.3, 0.4) is 0 Å². The van der Waals surface area contributed by atoms with Gasteiger partial charge in [0.05, 0.1) is 5.16 Å². The zero-order valence-electron chi connectivity index (χ0n) is 26.6. The van der Waals surface area contributed by atoms with Crippen LogP contribution in [0.1, 0.15) is 99.6 Å². The van der Waals surface area contributed by atoms with Gasteiger partial charge in [-0.1, -0.05) is 6.16 Å². The second kappa shape index (κ2) is 12.0. The Hall–Kier alpha value is -1.36. The molecule has 5 heteroatoms. The van der Waals surface area contributed by atoms with Crippen molar-refractivity contribution in [1.29, 1.82) is 0 Å². The smallest absolute Gasteiger partial charge is 0.364 e. The molecule has 0 saturated heterocycles. The van der Waals surface area contributed by atoms with Crippen LogP contribution in [-0.4, -0.2) is 20.3 Å². The van der Waals surface area contributed by atoms with E-state index >= 15 is 0 Å². The van der Waals surface area contributed by atoms with Crippen molar-refractivity contribution in [1.82, 2.24) is 9.97 Å². The molecule has 238 valence electrons. The molecule has 8 fully saturated rings. The fourth-order valence-corrected chi connectivity index (χ4v) is 18.5. The molecular weight excluding hydrogens is 626 g/mol. The van der Waals surface area contributed by atoms with E-state index in [0.717, 1.165) is 35.5 Å². The van der Waals surface area contributed by atoms with Crippen LogP contribution in [0.2, 0.25) is 0 Å². The van der Waals surface area contributed by atoms with Crippen LogP contribution in [0.4, 0.5) is 0 Å². The maximum Gasteiger partial charge on any atom is 2.00 e. The normalized spacial score (nSPS) is 36.4. The summed E-state index contributed by atoms with van der Waals surface area (Å²) in [6.07, 6.45) is 24.5. The van der Waals surface area contributed by atoms with Crippen molar-refractivity contribution in [2.24, 2.45) is 35.5 Å². The van der Waals surface area contributed by atoms with Gasteiger partial charge in [0.15, 0.2) is 0 Å². The minimum Gasteiger partial charge on any atom is -0.364 e. The van der Waals surface area contributed by atoms with Crippen molar-refractivity contribution in [2.75, 3.05) is 0 Å². The molecule has 0 aliphatic heterocycles. The topological polar surface area (TPSA) is 31.6 Å². The predicted octanol–water partition coefficient (Wildman–Crippen LogP) is 10.6. The first kappa shape index (κ1) is 30.9. The molecule has 2 heterocycles. The quantitative estimate of drug-likeness (QED) is 0.111. The van der Waals surface area contributed by atoms with E-state index in [1.165, 1.54) is 23.1 Å². The van der Waals surface area contributed by atoms with Gasteiger partial charge in [-0.15, -0.1) is 22.7 Å². The third-order valence-electron chi connectivity index (χ3n) is 13.4. The van der Waals surface area contributed by atoms with Crippen LogP contribution >= 0.6 is 17.2 Å². The SMILES string of the molecule is PC(c1ccc[nH]1)(c1ccc[nH]1)c1[cH-]ccc1CP(C12CC3CC(CC(C3)C1)C2)C12CC3CC(CC(C3)C1)C2.[Fe+2].c1cc[cH-]c1. The van der Waals surface area contributed by atoms with Gasteiger partial charge in [0.1, 0.15) is 0 Å². The maximum absolute atomic E-state index is 3.62. The molecule has 0 spiro atoms. The Labute approximate surface area is 284 Å². The third kappa shape index (κ3) is 5.27. The van der Waals surface area contributed by atoms with Gasteiger partial charge in [0.25, 0.3) is 0 Å². The van der Waals surface area contributed by atoms with Crippen LogP contribution in [-0.2, 0) is 28.4 Å². The molecule has 45 heavy (non-hydrogen) atoms. The van der Waals surface area contributed by atoms with Crippen LogP contribution in [0, 0.1) is 35.5 Å². The minimum atomic E-state index is -0.254. The molecule has 12 rings (SSSR count). The summed E-state index contributed by atoms with van der Waals surface area (Å²) in [5.41, 5.74) is 5.72. The Kier molecular flexibility index (Phi) is 8.22. The molecule has 2 N–H and O–H groups in total. The first-order chi connectivity index (χ1) is 21.5. The molecule has 1 atom stereocenters. The van der Waals surface area contributed by atoms with E-state index in [1.807, 2.05) is 30.3 Å². The maximum atomic E-state index is 3.62. The molecular formula is C40H50FeN2P2. The second-order valence-corrected chi connectivity index (χ2v) is 20.2. The van der Waals surface area contributed by atoms with Crippen molar-refractivity contribution in [3.8, 4) is 0 Å². The van der Waals surface area contributed by atoms with E-state index in [1.54, 1.807) is 82.6 Å². The number of aromatic nitrogens is 2. The molecule has 2 aromatic heterocycles. The average molecular weight is 677 g/mol. The Morgan fingerprint density at radius 1 is 0.667 bits per heavy atom. The number of H-pyrrole nitrogens is 2. The number of hydrogen-bond acceptors (Lipinski definition) is 0. The Morgan fingerprint density at radius 3 is 1.47 bits per heavy atom. The van der Waals surface area contributed by atoms with Crippen molar-refractivity contribution in [3.63, 3.8) is 0 Å². The number of nitrogens with one attached hydrogen (secondary N) is 2. The zero-order valence-corrected chi connectivity index (χ0v) is 29.8. The molecule has 1 unspecified atom stereocenters. The molecule has 2 aromatic carbocycles. The first-order valence-corrected chi connectivity index (χ1v) is 19.9. The summed E-state index contributed by atoms with van der Waals surface area (Å²) in [6.45, 7) is 0. The third-order valence-corrected chi connectivity index (χ3v) is 18.4. The van der Waals surface area contributed by atoms with E-state index < -0.39 is 0 Å². The molecule has 4 aromatic rings. The molecule has 8 aliphatic rings. The summed E-state index contributed by atoms with van der Waals surface area (Å²) in [6, 6.07) is 26.3. The van der Waals surface area contributed by atoms with Crippen molar-refractivity contribution >= 4 is 17.2 Å². The van der Waals surface area contributed by atoms with Gasteiger partial charge < -0.3 is 9.97 Å². The molecule has 8 saturated carbocycles. The van der Waals surface area contributed by atoms with E-state index in [0.29, 0.717) is 10.3 Å². The fraction of sp³-hybridized carbons (Fsp3) is 0.550. The van der Waals surface area contributed by atoms with Crippen molar-refractivity contribution < 1.29 is 17.1 Å². The summed E-state index contributed by atoms with van der Waals surface area (Å²) in [4.78, 5) is 7.23. The Bertz CT molecular complexity index is 1360. The fourth-order valence-electron chi connectivity index (χ4n) is 12.7. The molecule has 8 aliphatic carbocycles. The van der Waals surface area contributed by atoms with Crippen LogP contribution in [0.15, 0.2) is 85.2 Å². The Morgan fingerprint density at radius 2 is 1.11 bits per heavy atom. The largest absolute Gasteiger partial charge is 2.00 e. The van der Waals surface area contributed by atoms with E-state index in [2.05, 4.69) is 74.1 Å². The number of aromatic amines is 2. The standard InChI is InChI=1S/C35H45N2P2.C5H5.Fe/c38-35(31-6-2-8-36-31,32-7-3-9-37-32)30-5-1-4-29(30)22-39(33-16-23-10-24(17-33)12-25(11-23)18-33)34-19-26-13-27(20-34)15-28(14-26)21-34;1-2-4-5-3-1;/h1-9,23-28,36-37H,10-22,38H2;1-5H;/q2*-1;+2. The van der Waals surface area contributed by atoms with Gasteiger partial charge in [0, 0.05) is 23.8 Å². The number of hydrogen-bond donors (Lipinski definition) is 2. The van der Waals surface area contributed by atoms with Gasteiger partial charge in [-0.25, -0.2) is 18.2 Å². The average Bonchev–Trinajstić information content (AvgIpc) is 3.83. The Balaban J connectivity index is 0.000000460. The summed E-state index contributed by atoms with van der Waals surface area (Å²) in [5.74, 6) is 6.29. The van der Waals surface area contributed by atoms with Crippen LogP contribution < -0.4 is 0 Å². The van der Waals surface area contributed by atoms with Crippen LogP contribution in [0.5, 0.6) is 0 Å². The molecule has 8 bridgehead atoms. The molecule has 0 amide bonds. The van der Waals surface area contributed by atoms with E-state index in [-0.39, 0.29) is 30.1 Å². The van der Waals surface area contributed by atoms with Gasteiger partial charge in [-0.2, -0.15) is 35.9 Å². The van der Waals surface area contributed by atoms with Gasteiger partial charge >= 0.3 is 17.1 Å². The van der Waals surface area contributed by atoms with Gasteiger partial charge in [-0.3, -0.25) is 0 Å². The summed E-state index contributed by atoms with van der Waals surface area (Å²) in [5, 5.41) is 1.09. The minimum absolute atomic E-state index is 0. The van der Waals surface area contributed by atoms with Crippen molar-refractivity contribution in [2.45, 2.75) is 98.7 Å². The first-order valence-electron chi connectivity index (χ1n) is 17.8. The molecule has 0 radical (unpaired) electrons. The summed E-state index contributed by atoms with van der Waals surface area (Å²) < 4.78 is 0. The zero-order chi connectivity index (χ0) is 29.4. The van der Waals surface area contributed by atoms with Crippen molar-refractivity contribution in [3.05, 3.63) is 108 Å². The monoisotopic (exact) mass is 676 g/mol. The van der Waals surface area contributed by atoms with E-state index in [4.69, 9.17) is 0 Å². The van der Waals surface area contributed by atoms with Gasteiger partial charge in [-0.05, 0) is 147 Å². The predicted molar refractivity (Wildman–Crippen MR) is 188 cm³/mol. The van der Waals surface area contributed by atoms with Crippen LogP contribution in [0.25, 0.3) is 0 Å².